The van der Waals surface area contributed by atoms with Crippen molar-refractivity contribution in [2.45, 2.75) is 58.1 Å². The molecule has 0 aromatic carbocycles. The minimum atomic E-state index is 0.193. The molecule has 3 nitrogen and oxygen atoms in total. The van der Waals surface area contributed by atoms with Gasteiger partial charge >= 0.3 is 0 Å². The molecule has 0 saturated heterocycles. The summed E-state index contributed by atoms with van der Waals surface area (Å²) in [7, 11) is 1.77. The second kappa shape index (κ2) is 6.38. The van der Waals surface area contributed by atoms with Crippen LogP contribution >= 0.6 is 0 Å². The maximum absolute atomic E-state index is 12.5. The maximum Gasteiger partial charge on any atom is 0.253 e. The second-order valence-electron chi connectivity index (χ2n) is 6.02. The summed E-state index contributed by atoms with van der Waals surface area (Å²) >= 11 is 0. The van der Waals surface area contributed by atoms with Gasteiger partial charge in [0.1, 0.15) is 0 Å². The molecule has 1 aliphatic rings. The van der Waals surface area contributed by atoms with Crippen molar-refractivity contribution in [2.24, 2.45) is 5.92 Å². The van der Waals surface area contributed by atoms with Gasteiger partial charge < -0.3 is 9.30 Å². The van der Waals surface area contributed by atoms with Gasteiger partial charge in [-0.05, 0) is 44.1 Å². The third kappa shape index (κ3) is 3.47. The fraction of sp³-hybridized carbons (Fsp3) is 0.688. The zero-order chi connectivity index (χ0) is 13.8. The predicted octanol–water partition coefficient (Wildman–Crippen LogP) is 3.18. The highest BCUT2D eigenvalue weighted by Crippen LogP contribution is 2.28. The first-order chi connectivity index (χ1) is 9.11. The molecule has 0 aliphatic heterocycles. The predicted molar refractivity (Wildman–Crippen MR) is 77.5 cm³/mol. The summed E-state index contributed by atoms with van der Waals surface area (Å²) < 4.78 is 7.40. The van der Waals surface area contributed by atoms with E-state index in [0.717, 1.165) is 37.7 Å². The van der Waals surface area contributed by atoms with Gasteiger partial charge in [0.05, 0.1) is 6.10 Å². The summed E-state index contributed by atoms with van der Waals surface area (Å²) in [6, 6.07) is 4.28. The van der Waals surface area contributed by atoms with E-state index in [-0.39, 0.29) is 5.56 Å². The standard InChI is InChI=1S/C16H25NO2/c1-12(2)10-13-6-5-9-17(16(13)18)14-7-4-8-15(11-14)19-3/h5-6,9,12,14-15H,4,7-8,10-11H2,1-3H3/t14-,15+/m0/s1. The molecule has 1 saturated carbocycles. The lowest BCUT2D eigenvalue weighted by Gasteiger charge is -2.29. The first-order valence-corrected chi connectivity index (χ1v) is 7.34. The Labute approximate surface area is 115 Å². The lowest BCUT2D eigenvalue weighted by atomic mass is 9.92. The number of pyridine rings is 1. The maximum atomic E-state index is 12.5. The molecule has 1 fully saturated rings. The minimum absolute atomic E-state index is 0.193. The van der Waals surface area contributed by atoms with Crippen LogP contribution < -0.4 is 5.56 Å². The summed E-state index contributed by atoms with van der Waals surface area (Å²) in [5, 5.41) is 0. The van der Waals surface area contributed by atoms with Crippen LogP contribution in [-0.4, -0.2) is 17.8 Å². The number of nitrogens with zero attached hydrogens (tertiary/aromatic N) is 1. The smallest absolute Gasteiger partial charge is 0.253 e. The number of hydrogen-bond donors (Lipinski definition) is 0. The van der Waals surface area contributed by atoms with Gasteiger partial charge in [-0.15, -0.1) is 0 Å². The molecule has 19 heavy (non-hydrogen) atoms. The summed E-state index contributed by atoms with van der Waals surface area (Å²) in [6.07, 6.45) is 7.41. The van der Waals surface area contributed by atoms with Crippen molar-refractivity contribution in [3.8, 4) is 0 Å². The fourth-order valence-corrected chi connectivity index (χ4v) is 3.03. The van der Waals surface area contributed by atoms with E-state index >= 15 is 0 Å². The Bertz CT molecular complexity index is 464. The average molecular weight is 263 g/mol. The molecule has 3 heteroatoms. The summed E-state index contributed by atoms with van der Waals surface area (Å²) in [6.45, 7) is 4.30. The Balaban J connectivity index is 2.22. The fourth-order valence-electron chi connectivity index (χ4n) is 3.03. The number of aromatic nitrogens is 1. The van der Waals surface area contributed by atoms with Crippen LogP contribution in [0.4, 0.5) is 0 Å². The molecule has 2 atom stereocenters. The minimum Gasteiger partial charge on any atom is -0.381 e. The van der Waals surface area contributed by atoms with E-state index in [0.29, 0.717) is 18.1 Å². The third-order valence-corrected chi connectivity index (χ3v) is 4.01. The van der Waals surface area contributed by atoms with Crippen molar-refractivity contribution in [1.82, 2.24) is 4.57 Å². The SMILES string of the molecule is CO[C@@H]1CCC[C@H](n2cccc(CC(C)C)c2=O)C1. The summed E-state index contributed by atoms with van der Waals surface area (Å²) in [5.74, 6) is 0.515. The Morgan fingerprint density at radius 3 is 2.89 bits per heavy atom. The second-order valence-corrected chi connectivity index (χ2v) is 6.02. The quantitative estimate of drug-likeness (QED) is 0.835. The van der Waals surface area contributed by atoms with E-state index < -0.39 is 0 Å². The topological polar surface area (TPSA) is 31.2 Å². The molecule has 0 spiro atoms. The van der Waals surface area contributed by atoms with Crippen LogP contribution in [0.1, 0.15) is 51.1 Å². The van der Waals surface area contributed by atoms with E-state index in [9.17, 15) is 4.79 Å². The normalized spacial score (nSPS) is 23.8. The van der Waals surface area contributed by atoms with Crippen LogP contribution in [0.5, 0.6) is 0 Å². The van der Waals surface area contributed by atoms with E-state index in [1.807, 2.05) is 22.9 Å². The van der Waals surface area contributed by atoms with Gasteiger partial charge in [0.15, 0.2) is 0 Å². The van der Waals surface area contributed by atoms with Crippen LogP contribution in [0.2, 0.25) is 0 Å². The molecule has 106 valence electrons. The molecule has 2 rings (SSSR count). The van der Waals surface area contributed by atoms with Crippen molar-refractivity contribution in [1.29, 1.82) is 0 Å². The van der Waals surface area contributed by atoms with Gasteiger partial charge in [0.2, 0.25) is 0 Å². The van der Waals surface area contributed by atoms with E-state index in [1.165, 1.54) is 0 Å². The van der Waals surface area contributed by atoms with Crippen molar-refractivity contribution in [3.63, 3.8) is 0 Å². The molecule has 0 unspecified atom stereocenters. The van der Waals surface area contributed by atoms with Gasteiger partial charge in [-0.3, -0.25) is 4.79 Å². The van der Waals surface area contributed by atoms with E-state index in [4.69, 9.17) is 4.74 Å². The van der Waals surface area contributed by atoms with E-state index in [2.05, 4.69) is 13.8 Å². The number of methoxy groups -OCH3 is 1. The van der Waals surface area contributed by atoms with Crippen molar-refractivity contribution >= 4 is 0 Å². The molecule has 1 aromatic rings. The molecule has 1 heterocycles. The zero-order valence-corrected chi connectivity index (χ0v) is 12.3. The van der Waals surface area contributed by atoms with E-state index in [1.54, 1.807) is 7.11 Å². The molecule has 0 radical (unpaired) electrons. The average Bonchev–Trinajstić information content (AvgIpc) is 2.41. The van der Waals surface area contributed by atoms with Crippen molar-refractivity contribution in [3.05, 3.63) is 34.2 Å². The number of rotatable bonds is 4. The molecule has 0 bridgehead atoms. The Morgan fingerprint density at radius 1 is 1.42 bits per heavy atom. The van der Waals surface area contributed by atoms with Gasteiger partial charge in [0.25, 0.3) is 5.56 Å². The zero-order valence-electron chi connectivity index (χ0n) is 12.3. The monoisotopic (exact) mass is 263 g/mol. The highest BCUT2D eigenvalue weighted by molar-refractivity contribution is 5.12. The van der Waals surface area contributed by atoms with Crippen LogP contribution in [0.25, 0.3) is 0 Å². The lowest BCUT2D eigenvalue weighted by Crippen LogP contribution is -2.32. The van der Waals surface area contributed by atoms with Gasteiger partial charge in [0, 0.05) is 24.9 Å². The van der Waals surface area contributed by atoms with Gasteiger partial charge in [-0.25, -0.2) is 0 Å². The molecule has 1 aliphatic carbocycles. The van der Waals surface area contributed by atoms with Crippen LogP contribution in [0, 0.1) is 5.92 Å². The molecule has 0 amide bonds. The lowest BCUT2D eigenvalue weighted by molar-refractivity contribution is 0.0524. The summed E-state index contributed by atoms with van der Waals surface area (Å²) in [4.78, 5) is 12.5. The van der Waals surface area contributed by atoms with Gasteiger partial charge in [-0.1, -0.05) is 19.9 Å². The first-order valence-electron chi connectivity index (χ1n) is 7.34. The first kappa shape index (κ1) is 14.3. The van der Waals surface area contributed by atoms with Crippen molar-refractivity contribution in [2.75, 3.05) is 7.11 Å². The molecule has 0 N–H and O–H groups in total. The Hall–Kier alpha value is -1.09. The van der Waals surface area contributed by atoms with Crippen molar-refractivity contribution < 1.29 is 4.74 Å². The van der Waals surface area contributed by atoms with Crippen LogP contribution in [0.15, 0.2) is 23.1 Å². The van der Waals surface area contributed by atoms with Crippen LogP contribution in [0.3, 0.4) is 0 Å². The number of ether oxygens (including phenoxy) is 1. The third-order valence-electron chi connectivity index (χ3n) is 4.01. The summed E-state index contributed by atoms with van der Waals surface area (Å²) in [5.41, 5.74) is 1.13. The Morgan fingerprint density at radius 2 is 2.21 bits per heavy atom. The molecular weight excluding hydrogens is 238 g/mol. The number of hydrogen-bond acceptors (Lipinski definition) is 2. The molecule has 1 aromatic heterocycles. The largest absolute Gasteiger partial charge is 0.381 e. The highest BCUT2D eigenvalue weighted by atomic mass is 16.5. The molecular formula is C16H25NO2. The Kier molecular flexibility index (Phi) is 4.81. The van der Waals surface area contributed by atoms with Gasteiger partial charge in [-0.2, -0.15) is 0 Å². The highest BCUT2D eigenvalue weighted by Gasteiger charge is 2.23. The van der Waals surface area contributed by atoms with Crippen LogP contribution in [-0.2, 0) is 11.2 Å².